The molecule has 1 heterocycles. The zero-order chi connectivity index (χ0) is 10.6. The quantitative estimate of drug-likeness (QED) is 0.488. The fourth-order valence-corrected chi connectivity index (χ4v) is 0.926. The highest BCUT2D eigenvalue weighted by molar-refractivity contribution is 5.69. The number of aromatic nitrogens is 2. The third-order valence-corrected chi connectivity index (χ3v) is 1.38. The van der Waals surface area contributed by atoms with E-state index in [9.17, 15) is 0 Å². The number of benzene rings is 1. The second-order valence-electron chi connectivity index (χ2n) is 2.36. The molecular formula is C7H7ClN2O4. The maximum Gasteiger partial charge on any atom is 0.240 e. The third-order valence-electron chi connectivity index (χ3n) is 1.38. The fraction of sp³-hybridized carbons (Fsp3) is 0. The topological polar surface area (TPSA) is 122 Å². The Morgan fingerprint density at radius 1 is 1.07 bits per heavy atom. The van der Waals surface area contributed by atoms with Crippen LogP contribution in [0.5, 0.6) is 0 Å². The van der Waals surface area contributed by atoms with Crippen LogP contribution in [-0.4, -0.2) is 4.98 Å². The van der Waals surface area contributed by atoms with Crippen LogP contribution in [0.25, 0.3) is 11.0 Å². The summed E-state index contributed by atoms with van der Waals surface area (Å²) in [6, 6.07) is 8.08. The summed E-state index contributed by atoms with van der Waals surface area (Å²) in [5.41, 5.74) is 2.30. The predicted octanol–water partition coefficient (Wildman–Crippen LogP) is -3.77. The number of nitrogens with one attached hydrogen (secondary N) is 2. The first-order valence-electron chi connectivity index (χ1n) is 3.52. The van der Waals surface area contributed by atoms with Gasteiger partial charge < -0.3 is 0 Å². The van der Waals surface area contributed by atoms with E-state index in [2.05, 4.69) is 9.97 Å². The molecule has 0 aliphatic carbocycles. The fourth-order valence-electron chi connectivity index (χ4n) is 0.926. The van der Waals surface area contributed by atoms with E-state index in [0.717, 1.165) is 11.0 Å². The van der Waals surface area contributed by atoms with Crippen LogP contribution in [0.2, 0.25) is 0 Å². The highest BCUT2D eigenvalue weighted by atomic mass is 35.7. The molecule has 6 nitrogen and oxygen atoms in total. The average Bonchev–Trinajstić information content (AvgIpc) is 2.47. The number of rotatable bonds is 0. The Morgan fingerprint density at radius 3 is 2.21 bits per heavy atom. The molecule has 0 aliphatic heterocycles. The maximum absolute atomic E-state index is 8.49. The zero-order valence-corrected chi connectivity index (χ0v) is 7.65. The van der Waals surface area contributed by atoms with Crippen molar-refractivity contribution in [2.75, 3.05) is 0 Å². The smallest absolute Gasteiger partial charge is 0.240 e. The van der Waals surface area contributed by atoms with Gasteiger partial charge in [-0.05, 0) is 12.1 Å². The lowest BCUT2D eigenvalue weighted by Crippen LogP contribution is -2.68. The van der Waals surface area contributed by atoms with Crippen molar-refractivity contribution in [3.05, 3.63) is 30.6 Å². The first-order valence-corrected chi connectivity index (χ1v) is 4.76. The zero-order valence-electron chi connectivity index (χ0n) is 6.90. The summed E-state index contributed by atoms with van der Waals surface area (Å²) in [5, 5.41) is 0. The summed E-state index contributed by atoms with van der Waals surface area (Å²) in [4.78, 5) is 6.13. The van der Waals surface area contributed by atoms with Gasteiger partial charge in [-0.1, -0.05) is 12.1 Å². The van der Waals surface area contributed by atoms with Crippen molar-refractivity contribution >= 4 is 11.0 Å². The number of aromatic amines is 2. The number of hydrogen-bond donors (Lipinski definition) is 1. The Bertz CT molecular complexity index is 361. The van der Waals surface area contributed by atoms with E-state index in [1.165, 1.54) is 0 Å². The van der Waals surface area contributed by atoms with Crippen molar-refractivity contribution < 1.29 is 33.9 Å². The minimum atomic E-state index is -4.94. The number of H-pyrrole nitrogens is 2. The number of imidazole rings is 1. The summed E-state index contributed by atoms with van der Waals surface area (Å²) < 4.78 is 34.0. The van der Waals surface area contributed by atoms with E-state index >= 15 is 0 Å². The van der Waals surface area contributed by atoms with E-state index in [4.69, 9.17) is 18.6 Å². The van der Waals surface area contributed by atoms with Gasteiger partial charge in [0.05, 0.1) is 0 Å². The van der Waals surface area contributed by atoms with Crippen LogP contribution >= 0.6 is 0 Å². The lowest BCUT2D eigenvalue weighted by molar-refractivity contribution is -2.00. The van der Waals surface area contributed by atoms with Crippen LogP contribution in [-0.2, 0) is 0 Å². The highest BCUT2D eigenvalue weighted by Crippen LogP contribution is 2.01. The SMILES string of the molecule is [O-][Cl+3]([O-])([O-])[O-].c1ccc2[nH+]c[nH]c2c1. The van der Waals surface area contributed by atoms with E-state index in [1.807, 2.05) is 30.6 Å². The largest absolute Gasteiger partial charge is 0.244 e. The van der Waals surface area contributed by atoms with Crippen LogP contribution in [0, 0.1) is 10.2 Å². The van der Waals surface area contributed by atoms with Gasteiger partial charge in [0, 0.05) is 0 Å². The van der Waals surface area contributed by atoms with Gasteiger partial charge in [0.1, 0.15) is 0 Å². The number of hydrogen-bond acceptors (Lipinski definition) is 4. The second-order valence-corrected chi connectivity index (χ2v) is 3.11. The minimum Gasteiger partial charge on any atom is -0.244 e. The third kappa shape index (κ3) is 4.17. The van der Waals surface area contributed by atoms with E-state index < -0.39 is 10.2 Å². The Kier molecular flexibility index (Phi) is 3.39. The Morgan fingerprint density at radius 2 is 1.64 bits per heavy atom. The normalized spacial score (nSPS) is 10.9. The van der Waals surface area contributed by atoms with Gasteiger partial charge in [-0.25, -0.2) is 28.6 Å². The molecule has 2 N–H and O–H groups in total. The van der Waals surface area contributed by atoms with Gasteiger partial charge in [-0.3, -0.25) is 0 Å². The Balaban J connectivity index is 0.000000171. The van der Waals surface area contributed by atoms with Crippen LogP contribution in [0.3, 0.4) is 0 Å². The van der Waals surface area contributed by atoms with Crippen molar-refractivity contribution in [2.45, 2.75) is 0 Å². The molecule has 0 aliphatic rings. The number of halogens is 1. The average molecular weight is 219 g/mol. The standard InChI is InChI=1S/C7H6N2.ClHO4/c1-2-4-7-6(3-1)8-5-9-7;2-1(3,4)5/h1-5H,(H,8,9);(H,2,3,4,5). The number of para-hydroxylation sites is 2. The van der Waals surface area contributed by atoms with Gasteiger partial charge in [0.25, 0.3) is 0 Å². The summed E-state index contributed by atoms with van der Waals surface area (Å²) in [6.07, 6.45) is 1.82. The first-order chi connectivity index (χ1) is 6.47. The van der Waals surface area contributed by atoms with Gasteiger partial charge >= 0.3 is 0 Å². The molecule has 0 saturated carbocycles. The van der Waals surface area contributed by atoms with Gasteiger partial charge in [0.15, 0.2) is 11.0 Å². The van der Waals surface area contributed by atoms with Crippen LogP contribution in [0.1, 0.15) is 0 Å². The molecule has 0 radical (unpaired) electrons. The van der Waals surface area contributed by atoms with Gasteiger partial charge in [0.2, 0.25) is 6.33 Å². The van der Waals surface area contributed by atoms with Crippen molar-refractivity contribution in [3.8, 4) is 0 Å². The van der Waals surface area contributed by atoms with Crippen molar-refractivity contribution in [1.29, 1.82) is 0 Å². The summed E-state index contributed by atoms with van der Waals surface area (Å²) in [7, 11) is -4.94. The second kappa shape index (κ2) is 4.36. The molecule has 0 saturated heterocycles. The lowest BCUT2D eigenvalue weighted by Gasteiger charge is -2.17. The molecule has 0 atom stereocenters. The number of fused-ring (bicyclic) bond motifs is 1. The van der Waals surface area contributed by atoms with E-state index in [1.54, 1.807) is 0 Å². The Hall–Kier alpha value is -1.18. The molecule has 7 heteroatoms. The molecule has 0 fully saturated rings. The minimum absolute atomic E-state index is 1.15. The molecule has 0 spiro atoms. The van der Waals surface area contributed by atoms with Crippen molar-refractivity contribution in [3.63, 3.8) is 0 Å². The summed E-state index contributed by atoms with van der Waals surface area (Å²) >= 11 is 0. The monoisotopic (exact) mass is 218 g/mol. The molecule has 76 valence electrons. The van der Waals surface area contributed by atoms with Gasteiger partial charge in [-0.2, -0.15) is 0 Å². The summed E-state index contributed by atoms with van der Waals surface area (Å²) in [5.74, 6) is 0. The molecule has 0 amide bonds. The molecular weight excluding hydrogens is 212 g/mol. The van der Waals surface area contributed by atoms with Crippen LogP contribution in [0.4, 0.5) is 0 Å². The van der Waals surface area contributed by atoms with Crippen molar-refractivity contribution in [2.24, 2.45) is 0 Å². The molecule has 14 heavy (non-hydrogen) atoms. The van der Waals surface area contributed by atoms with Gasteiger partial charge in [-0.15, -0.1) is 10.2 Å². The molecule has 0 unspecified atom stereocenters. The summed E-state index contributed by atoms with van der Waals surface area (Å²) in [6.45, 7) is 0. The first kappa shape index (κ1) is 10.9. The van der Waals surface area contributed by atoms with E-state index in [0.29, 0.717) is 0 Å². The van der Waals surface area contributed by atoms with Crippen LogP contribution in [0.15, 0.2) is 30.6 Å². The molecule has 2 rings (SSSR count). The molecule has 1 aromatic carbocycles. The van der Waals surface area contributed by atoms with Crippen molar-refractivity contribution in [1.82, 2.24) is 4.98 Å². The maximum atomic E-state index is 8.49. The molecule has 1 aromatic heterocycles. The molecule has 2 aromatic rings. The molecule has 0 bridgehead atoms. The predicted molar refractivity (Wildman–Crippen MR) is 34.9 cm³/mol. The van der Waals surface area contributed by atoms with E-state index in [-0.39, 0.29) is 0 Å². The van der Waals surface area contributed by atoms with Crippen LogP contribution < -0.4 is 23.6 Å². The lowest BCUT2D eigenvalue weighted by atomic mass is 10.3. The Labute approximate surface area is 81.2 Å². The highest BCUT2D eigenvalue weighted by Gasteiger charge is 1.95.